The Labute approximate surface area is 174 Å². The van der Waals surface area contributed by atoms with E-state index in [1.807, 2.05) is 30.3 Å². The van der Waals surface area contributed by atoms with Crippen LogP contribution in [0, 0.1) is 3.57 Å². The highest BCUT2D eigenvalue weighted by Gasteiger charge is 2.19. The number of carbonyl (C=O) groups excluding carboxylic acids is 2. The van der Waals surface area contributed by atoms with E-state index in [0.29, 0.717) is 24.2 Å². The Morgan fingerprint density at radius 2 is 1.70 bits per heavy atom. The summed E-state index contributed by atoms with van der Waals surface area (Å²) in [5, 5.41) is 2.73. The summed E-state index contributed by atoms with van der Waals surface area (Å²) in [6.07, 6.45) is 0.509. The lowest BCUT2D eigenvalue weighted by molar-refractivity contribution is -0.118. The van der Waals surface area contributed by atoms with Crippen LogP contribution >= 0.6 is 22.6 Å². The number of amides is 2. The molecule has 2 aromatic carbocycles. The average molecular weight is 480 g/mol. The van der Waals surface area contributed by atoms with Crippen molar-refractivity contribution in [1.29, 1.82) is 0 Å². The molecule has 0 saturated heterocycles. The van der Waals surface area contributed by atoms with Gasteiger partial charge in [0.1, 0.15) is 5.60 Å². The Morgan fingerprint density at radius 1 is 1.07 bits per heavy atom. The molecule has 0 saturated carbocycles. The minimum Gasteiger partial charge on any atom is -0.444 e. The van der Waals surface area contributed by atoms with E-state index in [1.54, 1.807) is 50.9 Å². The smallest absolute Gasteiger partial charge is 0.412 e. The number of aryl methyl sites for hydroxylation is 1. The van der Waals surface area contributed by atoms with Crippen molar-refractivity contribution in [3.63, 3.8) is 0 Å². The van der Waals surface area contributed by atoms with Crippen LogP contribution in [-0.4, -0.2) is 24.6 Å². The van der Waals surface area contributed by atoms with Gasteiger partial charge in [-0.15, -0.1) is 0 Å². The molecule has 2 rings (SSSR count). The fourth-order valence-corrected chi connectivity index (χ4v) is 2.85. The summed E-state index contributed by atoms with van der Waals surface area (Å²) in [4.78, 5) is 26.3. The number of nitrogens with one attached hydrogen (secondary N) is 1. The van der Waals surface area contributed by atoms with Crippen molar-refractivity contribution in [2.75, 3.05) is 17.3 Å². The maximum atomic E-state index is 12.6. The second kappa shape index (κ2) is 9.21. The predicted octanol–water partition coefficient (Wildman–Crippen LogP) is 5.23. The fraction of sp³-hybridized carbons (Fsp3) is 0.333. The first-order valence-corrected chi connectivity index (χ1v) is 9.83. The topological polar surface area (TPSA) is 58.6 Å². The van der Waals surface area contributed by atoms with Gasteiger partial charge >= 0.3 is 6.09 Å². The standard InChI is InChI=1S/C21H25IN2O3/c1-21(2,3)27-20(26)23-17-7-5-6-8-18(17)24(4)19(25)14-11-15-9-12-16(22)13-10-15/h5-10,12-13H,11,14H2,1-4H3,(H,23,26). The van der Waals surface area contributed by atoms with Crippen molar-refractivity contribution in [3.05, 3.63) is 57.7 Å². The second-order valence-corrected chi connectivity index (χ2v) is 8.47. The van der Waals surface area contributed by atoms with Gasteiger partial charge in [-0.3, -0.25) is 10.1 Å². The monoisotopic (exact) mass is 480 g/mol. The van der Waals surface area contributed by atoms with E-state index in [4.69, 9.17) is 4.74 Å². The highest BCUT2D eigenvalue weighted by Crippen LogP contribution is 2.26. The number of hydrogen-bond acceptors (Lipinski definition) is 3. The largest absolute Gasteiger partial charge is 0.444 e. The quantitative estimate of drug-likeness (QED) is 0.596. The van der Waals surface area contributed by atoms with Gasteiger partial charge < -0.3 is 9.64 Å². The Hall–Kier alpha value is -2.09. The summed E-state index contributed by atoms with van der Waals surface area (Å²) >= 11 is 2.26. The molecule has 0 atom stereocenters. The molecule has 144 valence electrons. The van der Waals surface area contributed by atoms with Crippen molar-refractivity contribution in [2.45, 2.75) is 39.2 Å². The molecule has 0 aromatic heterocycles. The third-order valence-corrected chi connectivity index (χ3v) is 4.54. The summed E-state index contributed by atoms with van der Waals surface area (Å²) in [6, 6.07) is 15.3. The van der Waals surface area contributed by atoms with Gasteiger partial charge in [-0.05, 0) is 79.6 Å². The molecule has 0 spiro atoms. The molecule has 0 fully saturated rings. The average Bonchev–Trinajstić information content (AvgIpc) is 2.59. The van der Waals surface area contributed by atoms with Gasteiger partial charge in [0.15, 0.2) is 0 Å². The summed E-state index contributed by atoms with van der Waals surface area (Å²) in [7, 11) is 1.71. The van der Waals surface area contributed by atoms with E-state index >= 15 is 0 Å². The van der Waals surface area contributed by atoms with Crippen LogP contribution in [-0.2, 0) is 16.0 Å². The molecule has 27 heavy (non-hydrogen) atoms. The van der Waals surface area contributed by atoms with Crippen molar-refractivity contribution < 1.29 is 14.3 Å². The van der Waals surface area contributed by atoms with Crippen LogP contribution in [0.25, 0.3) is 0 Å². The van der Waals surface area contributed by atoms with E-state index in [9.17, 15) is 9.59 Å². The Bertz CT molecular complexity index is 798. The molecule has 0 heterocycles. The van der Waals surface area contributed by atoms with Crippen LogP contribution < -0.4 is 10.2 Å². The zero-order valence-corrected chi connectivity index (χ0v) is 18.2. The summed E-state index contributed by atoms with van der Waals surface area (Å²) in [5.74, 6) is -0.0213. The molecule has 0 bridgehead atoms. The van der Waals surface area contributed by atoms with Gasteiger partial charge in [0.25, 0.3) is 0 Å². The van der Waals surface area contributed by atoms with Crippen LogP contribution in [0.1, 0.15) is 32.8 Å². The minimum absolute atomic E-state index is 0.0213. The van der Waals surface area contributed by atoms with Gasteiger partial charge in [0, 0.05) is 17.0 Å². The zero-order valence-electron chi connectivity index (χ0n) is 16.1. The Kier molecular flexibility index (Phi) is 7.24. The van der Waals surface area contributed by atoms with E-state index < -0.39 is 11.7 Å². The number of ether oxygens (including phenoxy) is 1. The van der Waals surface area contributed by atoms with Crippen molar-refractivity contribution in [3.8, 4) is 0 Å². The SMILES string of the molecule is CN(C(=O)CCc1ccc(I)cc1)c1ccccc1NC(=O)OC(C)(C)C. The molecule has 6 heteroatoms. The minimum atomic E-state index is -0.589. The molecule has 5 nitrogen and oxygen atoms in total. The Balaban J connectivity index is 2.04. The first-order valence-electron chi connectivity index (χ1n) is 8.76. The van der Waals surface area contributed by atoms with Gasteiger partial charge in [-0.1, -0.05) is 24.3 Å². The lowest BCUT2D eigenvalue weighted by Gasteiger charge is -2.23. The molecule has 0 radical (unpaired) electrons. The number of hydrogen-bond donors (Lipinski definition) is 1. The van der Waals surface area contributed by atoms with Crippen molar-refractivity contribution >= 4 is 46.0 Å². The van der Waals surface area contributed by atoms with Gasteiger partial charge in [-0.2, -0.15) is 0 Å². The Morgan fingerprint density at radius 3 is 2.33 bits per heavy atom. The zero-order chi connectivity index (χ0) is 20.0. The second-order valence-electron chi connectivity index (χ2n) is 7.22. The van der Waals surface area contributed by atoms with Gasteiger partial charge in [-0.25, -0.2) is 4.79 Å². The van der Waals surface area contributed by atoms with Gasteiger partial charge in [0.05, 0.1) is 11.4 Å². The first-order chi connectivity index (χ1) is 12.7. The number of anilines is 2. The highest BCUT2D eigenvalue weighted by atomic mass is 127. The summed E-state index contributed by atoms with van der Waals surface area (Å²) in [6.45, 7) is 5.41. The van der Waals surface area contributed by atoms with Crippen LogP contribution in [0.3, 0.4) is 0 Å². The molecule has 0 aliphatic carbocycles. The third kappa shape index (κ3) is 6.86. The predicted molar refractivity (Wildman–Crippen MR) is 117 cm³/mol. The number of carbonyl (C=O) groups is 2. The fourth-order valence-electron chi connectivity index (χ4n) is 2.49. The lowest BCUT2D eigenvalue weighted by Crippen LogP contribution is -2.30. The van der Waals surface area contributed by atoms with E-state index in [2.05, 4.69) is 27.9 Å². The molecule has 1 N–H and O–H groups in total. The first kappa shape index (κ1) is 21.2. The van der Waals surface area contributed by atoms with E-state index in [-0.39, 0.29) is 5.91 Å². The highest BCUT2D eigenvalue weighted by molar-refractivity contribution is 14.1. The van der Waals surface area contributed by atoms with E-state index in [0.717, 1.165) is 5.56 Å². The van der Waals surface area contributed by atoms with Crippen LogP contribution in [0.5, 0.6) is 0 Å². The third-order valence-electron chi connectivity index (χ3n) is 3.82. The molecule has 2 aromatic rings. The van der Waals surface area contributed by atoms with Gasteiger partial charge in [0.2, 0.25) is 5.91 Å². The van der Waals surface area contributed by atoms with E-state index in [1.165, 1.54) is 3.57 Å². The van der Waals surface area contributed by atoms with Crippen LogP contribution in [0.2, 0.25) is 0 Å². The molecule has 0 unspecified atom stereocenters. The number of halogens is 1. The van der Waals surface area contributed by atoms with Crippen LogP contribution in [0.15, 0.2) is 48.5 Å². The van der Waals surface area contributed by atoms with Crippen LogP contribution in [0.4, 0.5) is 16.2 Å². The molecule has 0 aliphatic rings. The molecule has 0 aliphatic heterocycles. The number of nitrogens with zero attached hydrogens (tertiary/aromatic N) is 1. The van der Waals surface area contributed by atoms with Crippen molar-refractivity contribution in [2.24, 2.45) is 0 Å². The molecule has 2 amide bonds. The summed E-state index contributed by atoms with van der Waals surface area (Å²) < 4.78 is 6.47. The number of benzene rings is 2. The van der Waals surface area contributed by atoms with Crippen molar-refractivity contribution in [1.82, 2.24) is 0 Å². The number of para-hydroxylation sites is 2. The molecular weight excluding hydrogens is 455 g/mol. The normalized spacial score (nSPS) is 11.0. The maximum absolute atomic E-state index is 12.6. The molecular formula is C21H25IN2O3. The summed E-state index contributed by atoms with van der Waals surface area (Å²) in [5.41, 5.74) is 1.71. The number of rotatable bonds is 5. The lowest BCUT2D eigenvalue weighted by atomic mass is 10.1. The maximum Gasteiger partial charge on any atom is 0.412 e.